The van der Waals surface area contributed by atoms with Crippen LogP contribution in [0.5, 0.6) is 0 Å². The minimum absolute atomic E-state index is 0.437. The first kappa shape index (κ1) is 12.3. The van der Waals surface area contributed by atoms with Gasteiger partial charge in [0.15, 0.2) is 0 Å². The molecule has 1 unspecified atom stereocenters. The molecule has 0 heterocycles. The van der Waals surface area contributed by atoms with Gasteiger partial charge in [-0.1, -0.05) is 17.7 Å². The Balaban J connectivity index is 2.90. The van der Waals surface area contributed by atoms with Crippen molar-refractivity contribution in [1.29, 1.82) is 0 Å². The van der Waals surface area contributed by atoms with Crippen molar-refractivity contribution in [2.45, 2.75) is 26.3 Å². The highest BCUT2D eigenvalue weighted by molar-refractivity contribution is 6.31. The van der Waals surface area contributed by atoms with Crippen LogP contribution in [0, 0.1) is 6.92 Å². The fourth-order valence-corrected chi connectivity index (χ4v) is 1.82. The number of anilines is 1. The molecule has 0 aromatic heterocycles. The normalized spacial score (nSPS) is 12.6. The number of rotatable bonds is 4. The molecule has 0 saturated carbocycles. The molecule has 0 radical (unpaired) electrons. The predicted octanol–water partition coefficient (Wildman–Crippen LogP) is 2.82. The first-order valence-corrected chi connectivity index (χ1v) is 5.63. The summed E-state index contributed by atoms with van der Waals surface area (Å²) in [5, 5.41) is 0.819. The molecule has 1 rings (SSSR count). The summed E-state index contributed by atoms with van der Waals surface area (Å²) < 4.78 is 0. The predicted molar refractivity (Wildman–Crippen MR) is 67.7 cm³/mol. The molecule has 2 nitrogen and oxygen atoms in total. The van der Waals surface area contributed by atoms with Crippen molar-refractivity contribution in [3.8, 4) is 0 Å². The van der Waals surface area contributed by atoms with E-state index < -0.39 is 0 Å². The van der Waals surface area contributed by atoms with E-state index in [1.807, 2.05) is 19.1 Å². The van der Waals surface area contributed by atoms with Gasteiger partial charge in [0.1, 0.15) is 0 Å². The van der Waals surface area contributed by atoms with Crippen LogP contribution in [0.4, 0.5) is 5.69 Å². The van der Waals surface area contributed by atoms with Crippen molar-refractivity contribution in [3.63, 3.8) is 0 Å². The van der Waals surface area contributed by atoms with Crippen LogP contribution in [-0.4, -0.2) is 19.6 Å². The molecule has 0 spiro atoms. The maximum Gasteiger partial charge on any atom is 0.0455 e. The van der Waals surface area contributed by atoms with Gasteiger partial charge in [0.05, 0.1) is 0 Å². The van der Waals surface area contributed by atoms with Gasteiger partial charge in [-0.05, 0) is 44.5 Å². The van der Waals surface area contributed by atoms with E-state index in [2.05, 4.69) is 24.9 Å². The van der Waals surface area contributed by atoms with E-state index in [1.54, 1.807) is 0 Å². The maximum absolute atomic E-state index is 6.09. The Kier molecular flexibility index (Phi) is 4.43. The van der Waals surface area contributed by atoms with Crippen LogP contribution in [0.3, 0.4) is 0 Å². The van der Waals surface area contributed by atoms with Crippen LogP contribution in [0.25, 0.3) is 0 Å². The molecule has 2 N–H and O–H groups in total. The number of hydrogen-bond donors (Lipinski definition) is 1. The zero-order valence-electron chi connectivity index (χ0n) is 9.63. The molecule has 0 aliphatic rings. The van der Waals surface area contributed by atoms with E-state index in [0.29, 0.717) is 12.6 Å². The fraction of sp³-hybridized carbons (Fsp3) is 0.500. The third-order valence-electron chi connectivity index (χ3n) is 2.86. The van der Waals surface area contributed by atoms with Crippen LogP contribution >= 0.6 is 11.6 Å². The summed E-state index contributed by atoms with van der Waals surface area (Å²) in [5.74, 6) is 0. The minimum atomic E-state index is 0.437. The standard InChI is InChI=1S/C12H19ClN2/c1-9(7-8-14)15(3)12-6-4-5-11(13)10(12)2/h4-6,9H,7-8,14H2,1-3H3. The van der Waals surface area contributed by atoms with Gasteiger partial charge < -0.3 is 10.6 Å². The van der Waals surface area contributed by atoms with Gasteiger partial charge in [-0.2, -0.15) is 0 Å². The average Bonchev–Trinajstić information content (AvgIpc) is 2.21. The Labute approximate surface area is 97.0 Å². The first-order valence-electron chi connectivity index (χ1n) is 5.26. The molecule has 3 heteroatoms. The fourth-order valence-electron chi connectivity index (χ4n) is 1.65. The largest absolute Gasteiger partial charge is 0.372 e. The summed E-state index contributed by atoms with van der Waals surface area (Å²) in [7, 11) is 2.08. The van der Waals surface area contributed by atoms with Gasteiger partial charge >= 0.3 is 0 Å². The van der Waals surface area contributed by atoms with Crippen molar-refractivity contribution >= 4 is 17.3 Å². The molecule has 0 amide bonds. The maximum atomic E-state index is 6.09. The third kappa shape index (κ3) is 2.86. The van der Waals surface area contributed by atoms with Gasteiger partial charge in [-0.25, -0.2) is 0 Å². The molecular formula is C12H19ClN2. The highest BCUT2D eigenvalue weighted by Crippen LogP contribution is 2.27. The summed E-state index contributed by atoms with van der Waals surface area (Å²) >= 11 is 6.09. The van der Waals surface area contributed by atoms with Gasteiger partial charge in [0.25, 0.3) is 0 Å². The third-order valence-corrected chi connectivity index (χ3v) is 3.27. The van der Waals surface area contributed by atoms with E-state index >= 15 is 0 Å². The van der Waals surface area contributed by atoms with E-state index in [9.17, 15) is 0 Å². The second kappa shape index (κ2) is 5.38. The summed E-state index contributed by atoms with van der Waals surface area (Å²) in [5.41, 5.74) is 7.87. The average molecular weight is 227 g/mol. The van der Waals surface area contributed by atoms with Crippen molar-refractivity contribution < 1.29 is 0 Å². The Morgan fingerprint density at radius 1 is 1.47 bits per heavy atom. The number of benzene rings is 1. The molecule has 0 aliphatic carbocycles. The first-order chi connectivity index (χ1) is 7.07. The monoisotopic (exact) mass is 226 g/mol. The number of hydrogen-bond acceptors (Lipinski definition) is 2. The van der Waals surface area contributed by atoms with Crippen LogP contribution in [0.1, 0.15) is 18.9 Å². The lowest BCUT2D eigenvalue weighted by Crippen LogP contribution is -2.31. The zero-order chi connectivity index (χ0) is 11.4. The molecule has 84 valence electrons. The van der Waals surface area contributed by atoms with Gasteiger partial charge in [-0.3, -0.25) is 0 Å². The molecule has 1 atom stereocenters. The smallest absolute Gasteiger partial charge is 0.0455 e. The highest BCUT2D eigenvalue weighted by Gasteiger charge is 2.12. The highest BCUT2D eigenvalue weighted by atomic mass is 35.5. The van der Waals surface area contributed by atoms with E-state index in [1.165, 1.54) is 5.69 Å². The molecule has 1 aromatic carbocycles. The SMILES string of the molecule is Cc1c(Cl)cccc1N(C)C(C)CCN. The zero-order valence-corrected chi connectivity index (χ0v) is 10.4. The number of nitrogens with zero attached hydrogens (tertiary/aromatic N) is 1. The Morgan fingerprint density at radius 2 is 2.13 bits per heavy atom. The van der Waals surface area contributed by atoms with Crippen LogP contribution < -0.4 is 10.6 Å². The van der Waals surface area contributed by atoms with E-state index in [4.69, 9.17) is 17.3 Å². The van der Waals surface area contributed by atoms with Crippen molar-refractivity contribution in [2.75, 3.05) is 18.5 Å². The molecule has 15 heavy (non-hydrogen) atoms. The molecule has 0 aliphatic heterocycles. The minimum Gasteiger partial charge on any atom is -0.372 e. The number of halogens is 1. The van der Waals surface area contributed by atoms with Gasteiger partial charge in [0, 0.05) is 23.8 Å². The molecule has 0 fully saturated rings. The Morgan fingerprint density at radius 3 is 2.73 bits per heavy atom. The van der Waals surface area contributed by atoms with Crippen molar-refractivity contribution in [2.24, 2.45) is 5.73 Å². The van der Waals surface area contributed by atoms with E-state index in [0.717, 1.165) is 17.0 Å². The van der Waals surface area contributed by atoms with Crippen molar-refractivity contribution in [1.82, 2.24) is 0 Å². The second-order valence-electron chi connectivity index (χ2n) is 3.92. The lowest BCUT2D eigenvalue weighted by Gasteiger charge is -2.28. The summed E-state index contributed by atoms with van der Waals surface area (Å²) in [4.78, 5) is 2.23. The lowest BCUT2D eigenvalue weighted by atomic mass is 10.1. The van der Waals surface area contributed by atoms with E-state index in [-0.39, 0.29) is 0 Å². The summed E-state index contributed by atoms with van der Waals surface area (Å²) in [6.07, 6.45) is 0.989. The van der Waals surface area contributed by atoms with Gasteiger partial charge in [0.2, 0.25) is 0 Å². The Hall–Kier alpha value is -0.730. The topological polar surface area (TPSA) is 29.3 Å². The lowest BCUT2D eigenvalue weighted by molar-refractivity contribution is 0.634. The van der Waals surface area contributed by atoms with Crippen LogP contribution in [0.2, 0.25) is 5.02 Å². The quantitative estimate of drug-likeness (QED) is 0.856. The van der Waals surface area contributed by atoms with Crippen LogP contribution in [-0.2, 0) is 0 Å². The molecule has 0 saturated heterocycles. The van der Waals surface area contributed by atoms with Crippen molar-refractivity contribution in [3.05, 3.63) is 28.8 Å². The van der Waals surface area contributed by atoms with Gasteiger partial charge in [-0.15, -0.1) is 0 Å². The molecule has 0 bridgehead atoms. The number of nitrogens with two attached hydrogens (primary N) is 1. The summed E-state index contributed by atoms with van der Waals surface area (Å²) in [6, 6.07) is 6.43. The second-order valence-corrected chi connectivity index (χ2v) is 4.33. The Bertz CT molecular complexity index is 325. The molecular weight excluding hydrogens is 208 g/mol. The molecule has 1 aromatic rings. The summed E-state index contributed by atoms with van der Waals surface area (Å²) in [6.45, 7) is 4.93. The van der Waals surface area contributed by atoms with Crippen LogP contribution in [0.15, 0.2) is 18.2 Å².